The van der Waals surface area contributed by atoms with Gasteiger partial charge in [-0.2, -0.15) is 5.26 Å². The lowest BCUT2D eigenvalue weighted by molar-refractivity contribution is -0.140. The Hall–Kier alpha value is -4.25. The molecule has 8 heteroatoms. The number of aromatic nitrogens is 2. The molecule has 180 valence electrons. The van der Waals surface area contributed by atoms with E-state index in [2.05, 4.69) is 11.4 Å². The van der Waals surface area contributed by atoms with E-state index in [-0.39, 0.29) is 12.4 Å². The van der Waals surface area contributed by atoms with Crippen LogP contribution in [0.5, 0.6) is 11.5 Å². The van der Waals surface area contributed by atoms with Gasteiger partial charge in [-0.3, -0.25) is 9.20 Å². The smallest absolute Gasteiger partial charge is 0.305 e. The minimum absolute atomic E-state index is 0.213. The molecule has 35 heavy (non-hydrogen) atoms. The zero-order valence-corrected chi connectivity index (χ0v) is 20.3. The number of nitrogens with one attached hydrogen (secondary N) is 1. The first-order chi connectivity index (χ1) is 17.0. The van der Waals surface area contributed by atoms with E-state index in [1.54, 1.807) is 14.2 Å². The Morgan fingerprint density at radius 1 is 1.09 bits per heavy atom. The number of rotatable bonds is 9. The number of nitrogens with zero attached hydrogens (tertiary/aromatic N) is 3. The molecule has 0 spiro atoms. The summed E-state index contributed by atoms with van der Waals surface area (Å²) in [5, 5.41) is 13.5. The summed E-state index contributed by atoms with van der Waals surface area (Å²) in [5.41, 5.74) is 5.60. The van der Waals surface area contributed by atoms with Gasteiger partial charge in [-0.25, -0.2) is 4.98 Å². The topological polar surface area (TPSA) is 97.9 Å². The summed E-state index contributed by atoms with van der Waals surface area (Å²) in [4.78, 5) is 16.7. The number of hydrogen-bond donors (Lipinski definition) is 1. The molecule has 0 fully saturated rings. The summed E-state index contributed by atoms with van der Waals surface area (Å²) >= 11 is 0. The molecule has 0 amide bonds. The average molecular weight is 473 g/mol. The molecular weight excluding hydrogens is 444 g/mol. The summed E-state index contributed by atoms with van der Waals surface area (Å²) < 4.78 is 17.6. The van der Waals surface area contributed by atoms with Gasteiger partial charge in [0.05, 0.1) is 37.9 Å². The van der Waals surface area contributed by atoms with Gasteiger partial charge in [0.2, 0.25) is 0 Å². The molecule has 0 aliphatic rings. The number of carbonyl (C=O) groups excluding carboxylic acids is 1. The maximum absolute atomic E-state index is 12.0. The Kier molecular flexibility index (Phi) is 7.06. The Bertz CT molecular complexity index is 1440. The van der Waals surface area contributed by atoms with Crippen LogP contribution in [0.25, 0.3) is 16.7 Å². The van der Waals surface area contributed by atoms with Crippen molar-refractivity contribution in [3.05, 3.63) is 64.7 Å². The third-order valence-electron chi connectivity index (χ3n) is 6.19. The van der Waals surface area contributed by atoms with E-state index in [1.165, 1.54) is 7.11 Å². The first kappa shape index (κ1) is 23.9. The molecule has 2 aromatic heterocycles. The summed E-state index contributed by atoms with van der Waals surface area (Å²) in [7, 11) is 4.61. The van der Waals surface area contributed by atoms with Gasteiger partial charge in [0.25, 0.3) is 0 Å². The van der Waals surface area contributed by atoms with Crippen molar-refractivity contribution in [1.82, 2.24) is 9.38 Å². The zero-order chi connectivity index (χ0) is 24.9. The third kappa shape index (κ3) is 4.58. The largest absolute Gasteiger partial charge is 0.493 e. The van der Waals surface area contributed by atoms with Crippen LogP contribution in [-0.2, 0) is 22.4 Å². The molecule has 0 saturated carbocycles. The van der Waals surface area contributed by atoms with E-state index in [0.29, 0.717) is 35.7 Å². The van der Waals surface area contributed by atoms with Gasteiger partial charge in [-0.05, 0) is 60.7 Å². The number of ether oxygens (including phenoxy) is 3. The van der Waals surface area contributed by atoms with Crippen LogP contribution in [0.15, 0.2) is 42.5 Å². The maximum atomic E-state index is 12.0. The number of para-hydroxylation sites is 2. The molecule has 0 aliphatic heterocycles. The number of pyridine rings is 1. The predicted molar refractivity (Wildman–Crippen MR) is 134 cm³/mol. The number of fused-ring (bicyclic) bond motifs is 3. The van der Waals surface area contributed by atoms with E-state index in [0.717, 1.165) is 40.0 Å². The van der Waals surface area contributed by atoms with Gasteiger partial charge >= 0.3 is 5.97 Å². The molecule has 0 unspecified atom stereocenters. The molecule has 8 nitrogen and oxygen atoms in total. The SMILES string of the molecule is COC(=O)CCc1c(C)c(C#N)c2nc3ccccc3n2c1NCCc1ccc(OC)c(OC)c1. The molecule has 4 aromatic rings. The molecule has 0 saturated heterocycles. The number of benzene rings is 2. The first-order valence-corrected chi connectivity index (χ1v) is 11.4. The average Bonchev–Trinajstić information content (AvgIpc) is 3.27. The van der Waals surface area contributed by atoms with Crippen molar-refractivity contribution >= 4 is 28.5 Å². The number of nitriles is 1. The fraction of sp³-hybridized carbons (Fsp3) is 0.296. The van der Waals surface area contributed by atoms with E-state index >= 15 is 0 Å². The summed E-state index contributed by atoms with van der Waals surface area (Å²) in [6, 6.07) is 16.0. The molecule has 2 heterocycles. The second kappa shape index (κ2) is 10.3. The molecule has 0 aliphatic carbocycles. The minimum atomic E-state index is -0.297. The highest BCUT2D eigenvalue weighted by Gasteiger charge is 2.21. The molecule has 2 aromatic carbocycles. The number of carbonyl (C=O) groups is 1. The van der Waals surface area contributed by atoms with Crippen LogP contribution < -0.4 is 14.8 Å². The van der Waals surface area contributed by atoms with Crippen molar-refractivity contribution in [2.75, 3.05) is 33.2 Å². The van der Waals surface area contributed by atoms with Gasteiger partial charge in [0.15, 0.2) is 17.1 Å². The van der Waals surface area contributed by atoms with E-state index in [9.17, 15) is 10.1 Å². The van der Waals surface area contributed by atoms with Crippen LogP contribution in [0.4, 0.5) is 5.82 Å². The van der Waals surface area contributed by atoms with E-state index in [4.69, 9.17) is 19.2 Å². The highest BCUT2D eigenvalue weighted by molar-refractivity contribution is 5.86. The standard InChI is InChI=1S/C27H28N4O4/c1-17-19(10-12-25(32)35-4)26(29-14-13-18-9-11-23(33-2)24(15-18)34-3)31-22-8-6-5-7-21(22)30-27(31)20(17)16-28/h5-9,11,15,29H,10,12-14H2,1-4H3. The maximum Gasteiger partial charge on any atom is 0.305 e. The fourth-order valence-corrected chi connectivity index (χ4v) is 4.37. The molecular formula is C27H28N4O4. The molecule has 0 radical (unpaired) electrons. The Morgan fingerprint density at radius 3 is 2.57 bits per heavy atom. The summed E-state index contributed by atoms with van der Waals surface area (Å²) in [6.45, 7) is 2.53. The molecule has 0 atom stereocenters. The zero-order valence-electron chi connectivity index (χ0n) is 20.3. The van der Waals surface area contributed by atoms with Gasteiger partial charge in [0, 0.05) is 13.0 Å². The molecule has 1 N–H and O–H groups in total. The quantitative estimate of drug-likeness (QED) is 0.360. The molecule has 4 rings (SSSR count). The van der Waals surface area contributed by atoms with Crippen molar-refractivity contribution < 1.29 is 19.0 Å². The Labute approximate surface area is 204 Å². The van der Waals surface area contributed by atoms with Crippen LogP contribution in [0, 0.1) is 18.3 Å². The van der Waals surface area contributed by atoms with E-state index in [1.807, 2.05) is 53.8 Å². The normalized spacial score (nSPS) is 10.8. The number of methoxy groups -OCH3 is 3. The number of anilines is 1. The van der Waals surface area contributed by atoms with Crippen molar-refractivity contribution in [3.8, 4) is 17.6 Å². The molecule has 0 bridgehead atoms. The Balaban J connectivity index is 1.77. The summed E-state index contributed by atoms with van der Waals surface area (Å²) in [6.07, 6.45) is 1.38. The fourth-order valence-electron chi connectivity index (χ4n) is 4.37. The lowest BCUT2D eigenvalue weighted by Gasteiger charge is -2.19. The van der Waals surface area contributed by atoms with Crippen LogP contribution in [0.3, 0.4) is 0 Å². The number of hydrogen-bond acceptors (Lipinski definition) is 7. The predicted octanol–water partition coefficient (Wildman–Crippen LogP) is 4.45. The highest BCUT2D eigenvalue weighted by atomic mass is 16.5. The number of esters is 1. The van der Waals surface area contributed by atoms with Crippen LogP contribution in [0.2, 0.25) is 0 Å². The monoisotopic (exact) mass is 472 g/mol. The second-order valence-electron chi connectivity index (χ2n) is 8.14. The van der Waals surface area contributed by atoms with Crippen LogP contribution in [0.1, 0.15) is 28.7 Å². The highest BCUT2D eigenvalue weighted by Crippen LogP contribution is 2.32. The lowest BCUT2D eigenvalue weighted by Crippen LogP contribution is -2.15. The summed E-state index contributed by atoms with van der Waals surface area (Å²) in [5.74, 6) is 1.90. The number of imidazole rings is 1. The first-order valence-electron chi connectivity index (χ1n) is 11.4. The van der Waals surface area contributed by atoms with Crippen molar-refractivity contribution in [2.24, 2.45) is 0 Å². The third-order valence-corrected chi connectivity index (χ3v) is 6.19. The second-order valence-corrected chi connectivity index (χ2v) is 8.14. The van der Waals surface area contributed by atoms with Gasteiger partial charge < -0.3 is 19.5 Å². The Morgan fingerprint density at radius 2 is 1.86 bits per heavy atom. The van der Waals surface area contributed by atoms with Gasteiger partial charge in [-0.15, -0.1) is 0 Å². The van der Waals surface area contributed by atoms with Crippen molar-refractivity contribution in [1.29, 1.82) is 5.26 Å². The minimum Gasteiger partial charge on any atom is -0.493 e. The van der Waals surface area contributed by atoms with Crippen LogP contribution >= 0.6 is 0 Å². The van der Waals surface area contributed by atoms with Crippen molar-refractivity contribution in [2.45, 2.75) is 26.2 Å². The van der Waals surface area contributed by atoms with E-state index < -0.39 is 0 Å². The van der Waals surface area contributed by atoms with Gasteiger partial charge in [0.1, 0.15) is 11.9 Å². The van der Waals surface area contributed by atoms with Crippen molar-refractivity contribution in [3.63, 3.8) is 0 Å². The van der Waals surface area contributed by atoms with Gasteiger partial charge in [-0.1, -0.05) is 18.2 Å². The lowest BCUT2D eigenvalue weighted by atomic mass is 10.00. The van der Waals surface area contributed by atoms with Crippen LogP contribution in [-0.4, -0.2) is 43.2 Å².